The van der Waals surface area contributed by atoms with Crippen LogP contribution in [-0.4, -0.2) is 90.7 Å². The van der Waals surface area contributed by atoms with E-state index >= 15 is 0 Å². The molecular formula is C32H53BrN2O4. The van der Waals surface area contributed by atoms with Crippen molar-refractivity contribution in [3.8, 4) is 0 Å². The molecule has 0 aromatic rings. The van der Waals surface area contributed by atoms with Crippen LogP contribution < -0.4 is 17.0 Å². The zero-order valence-corrected chi connectivity index (χ0v) is 26.2. The molecule has 0 spiro atoms. The van der Waals surface area contributed by atoms with Crippen molar-refractivity contribution in [2.45, 2.75) is 103 Å². The lowest BCUT2D eigenvalue weighted by Crippen LogP contribution is -3.00. The van der Waals surface area contributed by atoms with Gasteiger partial charge in [0.1, 0.15) is 18.2 Å². The van der Waals surface area contributed by atoms with Crippen molar-refractivity contribution >= 4 is 5.97 Å². The van der Waals surface area contributed by atoms with Crippen LogP contribution in [0.1, 0.15) is 78.6 Å². The Balaban J connectivity index is 0.00000308. The molecule has 0 bridgehead atoms. The number of fused-ring (bicyclic) bond motifs is 5. The van der Waals surface area contributed by atoms with Gasteiger partial charge in [0.25, 0.3) is 0 Å². The van der Waals surface area contributed by atoms with Crippen molar-refractivity contribution in [2.24, 2.45) is 34.5 Å². The number of hydrogen-bond acceptors (Lipinski definition) is 5. The fourth-order valence-electron chi connectivity index (χ4n) is 11.3. The van der Waals surface area contributed by atoms with Crippen LogP contribution in [-0.2, 0) is 14.3 Å². The third-order valence-electron chi connectivity index (χ3n) is 13.1. The first-order valence-corrected chi connectivity index (χ1v) is 15.9. The van der Waals surface area contributed by atoms with E-state index in [0.717, 1.165) is 56.6 Å². The van der Waals surface area contributed by atoms with Gasteiger partial charge in [-0.1, -0.05) is 20.4 Å². The van der Waals surface area contributed by atoms with Gasteiger partial charge in [-0.3, -0.25) is 9.69 Å². The lowest BCUT2D eigenvalue weighted by Gasteiger charge is -2.62. The third-order valence-corrected chi connectivity index (χ3v) is 13.1. The van der Waals surface area contributed by atoms with E-state index in [0.29, 0.717) is 35.8 Å². The summed E-state index contributed by atoms with van der Waals surface area (Å²) < 4.78 is 12.8. The summed E-state index contributed by atoms with van der Waals surface area (Å²) in [7, 11) is 0. The van der Waals surface area contributed by atoms with Gasteiger partial charge >= 0.3 is 5.97 Å². The van der Waals surface area contributed by atoms with Gasteiger partial charge < -0.3 is 36.0 Å². The molecule has 7 heteroatoms. The van der Waals surface area contributed by atoms with Gasteiger partial charge in [-0.2, -0.15) is 0 Å². The number of quaternary nitrogens is 1. The Morgan fingerprint density at radius 2 is 1.82 bits per heavy atom. The molecule has 10 atom stereocenters. The zero-order valence-electron chi connectivity index (χ0n) is 24.7. The molecule has 6 aliphatic rings. The van der Waals surface area contributed by atoms with Gasteiger partial charge in [0.05, 0.1) is 32.8 Å². The number of carbonyl (C=O) groups is 1. The molecule has 6 fully saturated rings. The van der Waals surface area contributed by atoms with Crippen LogP contribution in [0.4, 0.5) is 0 Å². The maximum atomic E-state index is 12.1. The van der Waals surface area contributed by atoms with Crippen molar-refractivity contribution in [1.82, 2.24) is 4.90 Å². The molecule has 0 aromatic heterocycles. The summed E-state index contributed by atoms with van der Waals surface area (Å²) in [5, 5.41) is 12.0. The first-order valence-electron chi connectivity index (χ1n) is 15.9. The van der Waals surface area contributed by atoms with E-state index < -0.39 is 0 Å². The van der Waals surface area contributed by atoms with Crippen molar-refractivity contribution in [3.05, 3.63) is 12.7 Å². The smallest absolute Gasteiger partial charge is 0.302 e. The Bertz CT molecular complexity index is 905. The first kappa shape index (κ1) is 30.0. The molecule has 4 saturated carbocycles. The molecule has 6 nitrogen and oxygen atoms in total. The highest BCUT2D eigenvalue weighted by Gasteiger charge is 2.66. The van der Waals surface area contributed by atoms with E-state index in [4.69, 9.17) is 9.47 Å². The maximum Gasteiger partial charge on any atom is 0.302 e. The molecule has 2 aliphatic heterocycles. The number of morpholine rings is 1. The largest absolute Gasteiger partial charge is 1.00 e. The standard InChI is InChI=1S/C32H53N2O4.BrH/c1-5-14-34(15-6-7-16-34)28-20-26-24-9-8-23-19-29(38-22(2)35)27(33-12-17-37-18-13-33)21-32(23,4)25(24)10-11-31(26,3)30(28)36;/h5,23-30,36H,1,6-21H2,2-4H3;1H/q+1;/p-1. The molecule has 39 heavy (non-hydrogen) atoms. The number of nitrogens with zero attached hydrogens (tertiary/aromatic N) is 2. The highest BCUT2D eigenvalue weighted by Crippen LogP contribution is 2.67. The fourth-order valence-corrected chi connectivity index (χ4v) is 11.3. The topological polar surface area (TPSA) is 59.0 Å². The summed E-state index contributed by atoms with van der Waals surface area (Å²) in [5.41, 5.74) is 0.316. The number of hydrogen-bond donors (Lipinski definition) is 1. The number of likely N-dealkylation sites (tertiary alicyclic amines) is 1. The first-order chi connectivity index (χ1) is 18.2. The second kappa shape index (κ2) is 11.3. The Morgan fingerprint density at radius 3 is 2.49 bits per heavy atom. The number of aliphatic hydroxyl groups excluding tert-OH is 1. The van der Waals surface area contributed by atoms with Gasteiger partial charge in [0.15, 0.2) is 0 Å². The Labute approximate surface area is 247 Å². The minimum atomic E-state index is -0.196. The van der Waals surface area contributed by atoms with Gasteiger partial charge in [-0.25, -0.2) is 0 Å². The predicted molar refractivity (Wildman–Crippen MR) is 148 cm³/mol. The summed E-state index contributed by atoms with van der Waals surface area (Å²) in [6.07, 6.45) is 12.7. The molecule has 2 saturated heterocycles. The summed E-state index contributed by atoms with van der Waals surface area (Å²) in [6, 6.07) is 0.666. The van der Waals surface area contributed by atoms with E-state index in [1.807, 2.05) is 0 Å². The summed E-state index contributed by atoms with van der Waals surface area (Å²) in [6.45, 7) is 17.6. The van der Waals surface area contributed by atoms with Crippen LogP contribution in [0, 0.1) is 34.5 Å². The lowest BCUT2D eigenvalue weighted by molar-refractivity contribution is -0.938. The van der Waals surface area contributed by atoms with E-state index in [9.17, 15) is 9.90 Å². The van der Waals surface area contributed by atoms with E-state index in [1.54, 1.807) is 6.92 Å². The van der Waals surface area contributed by atoms with Gasteiger partial charge in [0.2, 0.25) is 0 Å². The average Bonchev–Trinajstić information content (AvgIpc) is 3.47. The number of halogens is 1. The molecule has 6 rings (SSSR count). The highest BCUT2D eigenvalue weighted by molar-refractivity contribution is 5.66. The molecule has 0 aromatic carbocycles. The quantitative estimate of drug-likeness (QED) is 0.291. The van der Waals surface area contributed by atoms with Gasteiger partial charge in [-0.15, -0.1) is 0 Å². The number of esters is 1. The number of rotatable bonds is 5. The van der Waals surface area contributed by atoms with E-state index in [2.05, 4.69) is 31.4 Å². The SMILES string of the molecule is C=CC[N+]1(C2CC3C4CCC5CC(OC(C)=O)C(N6CCOCC6)CC5(C)C4CCC3(C)C2O)CCCC1.[Br-]. The molecule has 222 valence electrons. The van der Waals surface area contributed by atoms with Crippen LogP contribution in [0.3, 0.4) is 0 Å². The summed E-state index contributed by atoms with van der Waals surface area (Å²) >= 11 is 0. The Morgan fingerprint density at radius 1 is 1.10 bits per heavy atom. The third kappa shape index (κ3) is 4.88. The predicted octanol–water partition coefficient (Wildman–Crippen LogP) is 1.41. The van der Waals surface area contributed by atoms with Crippen LogP contribution in [0.25, 0.3) is 0 Å². The Kier molecular flexibility index (Phi) is 8.70. The van der Waals surface area contributed by atoms with Crippen LogP contribution >= 0.6 is 0 Å². The molecule has 0 amide bonds. The Hall–Kier alpha value is -0.470. The van der Waals surface area contributed by atoms with Crippen LogP contribution in [0.5, 0.6) is 0 Å². The monoisotopic (exact) mass is 608 g/mol. The second-order valence-electron chi connectivity index (χ2n) is 14.6. The minimum Gasteiger partial charge on any atom is -1.00 e. The molecule has 10 unspecified atom stereocenters. The van der Waals surface area contributed by atoms with E-state index in [1.165, 1.54) is 51.6 Å². The molecule has 2 heterocycles. The minimum absolute atomic E-state index is 0. The molecule has 0 radical (unpaired) electrons. The number of ether oxygens (including phenoxy) is 2. The normalized spacial score (nSPS) is 47.3. The summed E-state index contributed by atoms with van der Waals surface area (Å²) in [5.74, 6) is 2.51. The van der Waals surface area contributed by atoms with Gasteiger partial charge in [0, 0.05) is 50.7 Å². The summed E-state index contributed by atoms with van der Waals surface area (Å²) in [4.78, 5) is 14.7. The van der Waals surface area contributed by atoms with Crippen molar-refractivity contribution in [2.75, 3.05) is 45.9 Å². The van der Waals surface area contributed by atoms with Crippen molar-refractivity contribution in [3.63, 3.8) is 0 Å². The lowest BCUT2D eigenvalue weighted by atomic mass is 9.44. The van der Waals surface area contributed by atoms with E-state index in [-0.39, 0.29) is 46.0 Å². The number of aliphatic hydroxyl groups is 1. The van der Waals surface area contributed by atoms with Crippen LogP contribution in [0.15, 0.2) is 12.7 Å². The average molecular weight is 610 g/mol. The number of carbonyl (C=O) groups excluding carboxylic acids is 1. The second-order valence-corrected chi connectivity index (χ2v) is 14.6. The zero-order chi connectivity index (χ0) is 26.7. The molecular weight excluding hydrogens is 556 g/mol. The molecule has 1 N–H and O–H groups in total. The highest BCUT2D eigenvalue weighted by atomic mass is 79.9. The van der Waals surface area contributed by atoms with Crippen molar-refractivity contribution < 1.29 is 40.8 Å². The molecule has 4 aliphatic carbocycles. The van der Waals surface area contributed by atoms with Crippen molar-refractivity contribution in [1.29, 1.82) is 0 Å². The van der Waals surface area contributed by atoms with Crippen LogP contribution in [0.2, 0.25) is 0 Å². The van der Waals surface area contributed by atoms with Gasteiger partial charge in [-0.05, 0) is 73.7 Å². The fraction of sp³-hybridized carbons (Fsp3) is 0.906. The maximum absolute atomic E-state index is 12.1.